The molecule has 3 rings (SSSR count). The molecule has 1 heterocycles. The minimum absolute atomic E-state index is 0.198. The van der Waals surface area contributed by atoms with Crippen LogP contribution in [-0.4, -0.2) is 46.1 Å². The first-order chi connectivity index (χ1) is 16.2. The van der Waals surface area contributed by atoms with Crippen LogP contribution in [0.4, 0.5) is 0 Å². The molecule has 1 aliphatic heterocycles. The summed E-state index contributed by atoms with van der Waals surface area (Å²) >= 11 is -2.02. The lowest BCUT2D eigenvalue weighted by molar-refractivity contribution is -0.230. The van der Waals surface area contributed by atoms with Crippen LogP contribution in [0.15, 0.2) is 48.5 Å². The van der Waals surface area contributed by atoms with Crippen LogP contribution in [0.5, 0.6) is 5.75 Å². The molecule has 0 amide bonds. The zero-order valence-electron chi connectivity index (χ0n) is 20.6. The normalized spacial score (nSPS) is 18.4. The van der Waals surface area contributed by atoms with Crippen LogP contribution in [0, 0.1) is 13.8 Å². The van der Waals surface area contributed by atoms with Crippen molar-refractivity contribution in [1.82, 2.24) is 4.31 Å². The highest BCUT2D eigenvalue weighted by Crippen LogP contribution is 2.30. The maximum absolute atomic E-state index is 13.6. The van der Waals surface area contributed by atoms with E-state index in [0.717, 1.165) is 36.0 Å². The van der Waals surface area contributed by atoms with E-state index >= 15 is 0 Å². The van der Waals surface area contributed by atoms with Crippen molar-refractivity contribution in [3.8, 4) is 5.75 Å². The molecule has 0 N–H and O–H groups in total. The second-order valence-electron chi connectivity index (χ2n) is 9.06. The van der Waals surface area contributed by atoms with Gasteiger partial charge in [0.05, 0.1) is 12.7 Å². The van der Waals surface area contributed by atoms with Crippen molar-refractivity contribution in [1.29, 1.82) is 0 Å². The Morgan fingerprint density at radius 2 is 1.85 bits per heavy atom. The summed E-state index contributed by atoms with van der Waals surface area (Å²) in [4.78, 5) is 13.1. The summed E-state index contributed by atoms with van der Waals surface area (Å²) in [6.45, 7) is 8.33. The summed E-state index contributed by atoms with van der Waals surface area (Å²) in [6.07, 6.45) is 2.26. The molecule has 186 valence electrons. The van der Waals surface area contributed by atoms with Crippen LogP contribution in [0.25, 0.3) is 0 Å². The average molecular weight is 490 g/mol. The lowest BCUT2D eigenvalue weighted by atomic mass is 9.97. The minimum atomic E-state index is -2.02. The van der Waals surface area contributed by atoms with Gasteiger partial charge in [0.2, 0.25) is 0 Å². The average Bonchev–Trinajstić information content (AvgIpc) is 2.81. The fourth-order valence-electron chi connectivity index (χ4n) is 3.98. The van der Waals surface area contributed by atoms with Crippen LogP contribution < -0.4 is 4.18 Å². The maximum atomic E-state index is 13.6. The van der Waals surface area contributed by atoms with Crippen LogP contribution in [0.1, 0.15) is 49.8 Å². The maximum Gasteiger partial charge on any atom is 0.327 e. The molecule has 0 spiro atoms. The molecule has 34 heavy (non-hydrogen) atoms. The van der Waals surface area contributed by atoms with E-state index in [-0.39, 0.29) is 6.54 Å². The van der Waals surface area contributed by atoms with Gasteiger partial charge < -0.3 is 18.4 Å². The van der Waals surface area contributed by atoms with E-state index in [0.29, 0.717) is 12.4 Å². The van der Waals surface area contributed by atoms with Crippen molar-refractivity contribution in [2.24, 2.45) is 0 Å². The standard InChI is InChI=1S/C26H35NO6S/c1-19-13-15-22(16-14-19)33-34(29)27(18-21-11-7-6-10-20(21)2)24(25(28)30-5)26(3,4)32-23-12-8-9-17-31-23/h6-7,10-11,13-16,23-24H,8-9,12,17-18H2,1-5H3. The van der Waals surface area contributed by atoms with Crippen molar-refractivity contribution in [2.75, 3.05) is 13.7 Å². The summed E-state index contributed by atoms with van der Waals surface area (Å²) in [6, 6.07) is 14.0. The number of nitrogens with zero attached hydrogens (tertiary/aromatic N) is 1. The summed E-state index contributed by atoms with van der Waals surface area (Å²) < 4.78 is 38.1. The highest BCUT2D eigenvalue weighted by molar-refractivity contribution is 7.78. The van der Waals surface area contributed by atoms with Crippen LogP contribution in [0.2, 0.25) is 0 Å². The van der Waals surface area contributed by atoms with Crippen LogP contribution in [0.3, 0.4) is 0 Å². The molecule has 0 aromatic heterocycles. The first kappa shape index (κ1) is 26.3. The number of benzene rings is 2. The highest BCUT2D eigenvalue weighted by Gasteiger charge is 2.46. The van der Waals surface area contributed by atoms with Crippen molar-refractivity contribution in [2.45, 2.75) is 71.4 Å². The monoisotopic (exact) mass is 489 g/mol. The molecule has 3 unspecified atom stereocenters. The van der Waals surface area contributed by atoms with E-state index in [9.17, 15) is 9.00 Å². The predicted molar refractivity (Wildman–Crippen MR) is 131 cm³/mol. The van der Waals surface area contributed by atoms with E-state index in [1.165, 1.54) is 11.4 Å². The Balaban J connectivity index is 1.96. The van der Waals surface area contributed by atoms with Gasteiger partial charge in [-0.25, -0.2) is 0 Å². The van der Waals surface area contributed by atoms with Gasteiger partial charge in [-0.1, -0.05) is 42.0 Å². The molecular weight excluding hydrogens is 454 g/mol. The summed E-state index contributed by atoms with van der Waals surface area (Å²) in [7, 11) is 1.32. The Morgan fingerprint density at radius 1 is 1.15 bits per heavy atom. The quantitative estimate of drug-likeness (QED) is 0.453. The van der Waals surface area contributed by atoms with Crippen LogP contribution >= 0.6 is 0 Å². The highest BCUT2D eigenvalue weighted by atomic mass is 32.2. The predicted octanol–water partition coefficient (Wildman–Crippen LogP) is 4.63. The molecule has 1 saturated heterocycles. The lowest BCUT2D eigenvalue weighted by Gasteiger charge is -2.40. The first-order valence-electron chi connectivity index (χ1n) is 11.6. The zero-order chi connectivity index (χ0) is 24.7. The van der Waals surface area contributed by atoms with Crippen molar-refractivity contribution in [3.05, 3.63) is 65.2 Å². The molecule has 3 atom stereocenters. The molecule has 0 bridgehead atoms. The third-order valence-electron chi connectivity index (χ3n) is 5.91. The Morgan fingerprint density at radius 3 is 2.47 bits per heavy atom. The third-order valence-corrected chi connectivity index (χ3v) is 6.97. The SMILES string of the molecule is COC(=O)C(N(Cc1ccccc1C)S(=O)Oc1ccc(C)cc1)C(C)(C)OC1CCCCO1. The lowest BCUT2D eigenvalue weighted by Crippen LogP contribution is -2.58. The Labute approximate surface area is 205 Å². The second kappa shape index (κ2) is 11.9. The summed E-state index contributed by atoms with van der Waals surface area (Å²) in [5.41, 5.74) is 1.91. The first-order valence-corrected chi connectivity index (χ1v) is 12.6. The van der Waals surface area contributed by atoms with E-state index < -0.39 is 35.2 Å². The summed E-state index contributed by atoms with van der Waals surface area (Å²) in [5, 5.41) is 0. The van der Waals surface area contributed by atoms with Gasteiger partial charge in [-0.2, -0.15) is 8.51 Å². The van der Waals surface area contributed by atoms with Gasteiger partial charge in [0.1, 0.15) is 5.75 Å². The molecule has 0 aliphatic carbocycles. The molecule has 7 nitrogen and oxygen atoms in total. The number of ether oxygens (including phenoxy) is 3. The van der Waals surface area contributed by atoms with Crippen molar-refractivity contribution >= 4 is 17.2 Å². The number of carbonyl (C=O) groups is 1. The van der Waals surface area contributed by atoms with E-state index in [4.69, 9.17) is 18.4 Å². The number of rotatable bonds is 10. The van der Waals surface area contributed by atoms with Crippen LogP contribution in [-0.2, 0) is 36.8 Å². The Hall–Kier alpha value is -2.26. The zero-order valence-corrected chi connectivity index (χ0v) is 21.4. The second-order valence-corrected chi connectivity index (χ2v) is 10.1. The summed E-state index contributed by atoms with van der Waals surface area (Å²) in [5.74, 6) is -0.119. The van der Waals surface area contributed by atoms with Gasteiger partial charge in [-0.15, -0.1) is 0 Å². The van der Waals surface area contributed by atoms with Gasteiger partial charge in [0.15, 0.2) is 12.3 Å². The largest absolute Gasteiger partial charge is 0.468 e. The van der Waals surface area contributed by atoms with Gasteiger partial charge in [0, 0.05) is 13.2 Å². The Kier molecular flexibility index (Phi) is 9.24. The molecule has 2 aromatic carbocycles. The number of esters is 1. The topological polar surface area (TPSA) is 74.3 Å². The number of hydrogen-bond acceptors (Lipinski definition) is 6. The fourth-order valence-corrected chi connectivity index (χ4v) is 5.10. The number of hydrogen-bond donors (Lipinski definition) is 0. The van der Waals surface area contributed by atoms with E-state index in [1.54, 1.807) is 26.0 Å². The van der Waals surface area contributed by atoms with Gasteiger partial charge in [-0.3, -0.25) is 4.79 Å². The number of aryl methyl sites for hydroxylation is 2. The molecule has 8 heteroatoms. The van der Waals surface area contributed by atoms with Crippen molar-refractivity contribution in [3.63, 3.8) is 0 Å². The molecular formula is C26H35NO6S. The van der Waals surface area contributed by atoms with Gasteiger partial charge >= 0.3 is 5.97 Å². The number of methoxy groups -OCH3 is 1. The smallest absolute Gasteiger partial charge is 0.327 e. The van der Waals surface area contributed by atoms with Crippen molar-refractivity contribution < 1.29 is 27.4 Å². The molecule has 0 saturated carbocycles. The fraction of sp³-hybridized carbons (Fsp3) is 0.500. The molecule has 1 fully saturated rings. The molecule has 0 radical (unpaired) electrons. The van der Waals surface area contributed by atoms with E-state index in [2.05, 4.69) is 0 Å². The van der Waals surface area contributed by atoms with Gasteiger partial charge in [0.25, 0.3) is 11.3 Å². The Bertz CT molecular complexity index is 972. The number of carbonyl (C=O) groups excluding carboxylic acids is 1. The minimum Gasteiger partial charge on any atom is -0.468 e. The van der Waals surface area contributed by atoms with Gasteiger partial charge in [-0.05, 0) is 70.2 Å². The molecule has 1 aliphatic rings. The third kappa shape index (κ3) is 6.88. The molecule has 2 aromatic rings. The van der Waals surface area contributed by atoms with E-state index in [1.807, 2.05) is 50.2 Å².